The Morgan fingerprint density at radius 2 is 1.97 bits per heavy atom. The zero-order chi connectivity index (χ0) is 27.5. The van der Waals surface area contributed by atoms with Gasteiger partial charge in [0.25, 0.3) is 10.0 Å². The fraction of sp³-hybridized carbons (Fsp3) is 0.462. The summed E-state index contributed by atoms with van der Waals surface area (Å²) in [5.74, 6) is -1.33. The number of hydrogen-bond acceptors (Lipinski definition) is 6. The zero-order valence-corrected chi connectivity index (χ0v) is 21.6. The average molecular weight is 555 g/mol. The van der Waals surface area contributed by atoms with Crippen molar-refractivity contribution in [3.8, 4) is 11.6 Å². The Kier molecular flexibility index (Phi) is 8.19. The first kappa shape index (κ1) is 27.7. The van der Waals surface area contributed by atoms with E-state index in [1.165, 1.54) is 5.57 Å². The molecule has 1 N–H and O–H groups in total. The lowest BCUT2D eigenvalue weighted by Gasteiger charge is -2.36. The van der Waals surface area contributed by atoms with Gasteiger partial charge in [-0.2, -0.15) is 13.2 Å². The van der Waals surface area contributed by atoms with Gasteiger partial charge in [0.05, 0.1) is 24.4 Å². The van der Waals surface area contributed by atoms with Gasteiger partial charge in [0, 0.05) is 12.6 Å². The minimum Gasteiger partial charge on any atom is -0.486 e. The Hall–Kier alpha value is -3.28. The maximum atomic E-state index is 14.0. The van der Waals surface area contributed by atoms with Crippen molar-refractivity contribution in [3.63, 3.8) is 0 Å². The lowest BCUT2D eigenvalue weighted by atomic mass is 9.93. The van der Waals surface area contributed by atoms with Crippen molar-refractivity contribution in [1.29, 1.82) is 0 Å². The molecule has 4 rings (SSSR count). The summed E-state index contributed by atoms with van der Waals surface area (Å²) in [7, 11) is -4.63. The fourth-order valence-corrected chi connectivity index (χ4v) is 6.21. The van der Waals surface area contributed by atoms with Gasteiger partial charge in [0.15, 0.2) is 4.90 Å². The number of carboxylic acids is 1. The second-order valence-corrected chi connectivity index (χ2v) is 11.1. The minimum absolute atomic E-state index is 0.00571. The van der Waals surface area contributed by atoms with Gasteiger partial charge < -0.3 is 14.6 Å². The number of carbonyl (C=O) groups is 1. The number of rotatable bonds is 8. The van der Waals surface area contributed by atoms with Crippen LogP contribution in [0.5, 0.6) is 11.6 Å². The van der Waals surface area contributed by atoms with Crippen molar-refractivity contribution < 1.29 is 41.0 Å². The predicted molar refractivity (Wildman–Crippen MR) is 134 cm³/mol. The predicted octanol–water partition coefficient (Wildman–Crippen LogP) is 5.67. The van der Waals surface area contributed by atoms with E-state index in [0.717, 1.165) is 42.0 Å². The van der Waals surface area contributed by atoms with Gasteiger partial charge >= 0.3 is 12.1 Å². The molecule has 8 nitrogen and oxygen atoms in total. The molecule has 0 unspecified atom stereocenters. The first-order chi connectivity index (χ1) is 18.0. The molecule has 0 saturated heterocycles. The van der Waals surface area contributed by atoms with E-state index in [-0.39, 0.29) is 37.4 Å². The first-order valence-electron chi connectivity index (χ1n) is 12.4. The number of halogens is 3. The van der Waals surface area contributed by atoms with E-state index in [4.69, 9.17) is 14.6 Å². The highest BCUT2D eigenvalue weighted by atomic mass is 32.2. The van der Waals surface area contributed by atoms with Gasteiger partial charge in [-0.05, 0) is 62.8 Å². The second-order valence-electron chi connectivity index (χ2n) is 9.26. The van der Waals surface area contributed by atoms with Crippen LogP contribution in [-0.2, 0) is 21.0 Å². The Bertz CT molecular complexity index is 1320. The lowest BCUT2D eigenvalue weighted by Crippen LogP contribution is -2.44. The number of carboxylic acid groups (broad SMARTS) is 1. The second kappa shape index (κ2) is 11.2. The summed E-state index contributed by atoms with van der Waals surface area (Å²) in [5, 5.41) is 9.11. The summed E-state index contributed by atoms with van der Waals surface area (Å²) in [6.45, 7) is 1.26. The number of nitrogens with zero attached hydrogens (tertiary/aromatic N) is 2. The highest BCUT2D eigenvalue weighted by Crippen LogP contribution is 2.41. The van der Waals surface area contributed by atoms with Crippen LogP contribution in [0.4, 0.5) is 18.9 Å². The molecule has 2 heterocycles. The summed E-state index contributed by atoms with van der Waals surface area (Å²) in [4.78, 5) is 14.1. The molecule has 1 aliphatic heterocycles. The van der Waals surface area contributed by atoms with Crippen LogP contribution in [0.15, 0.2) is 40.9 Å². The monoisotopic (exact) mass is 554 g/mol. The largest absolute Gasteiger partial charge is 0.486 e. The van der Waals surface area contributed by atoms with E-state index in [0.29, 0.717) is 12.3 Å². The van der Waals surface area contributed by atoms with Crippen LogP contribution in [-0.4, -0.2) is 43.7 Å². The molecule has 1 aromatic heterocycles. The number of allylic oxidation sites excluding steroid dienone is 1. The van der Waals surface area contributed by atoms with Gasteiger partial charge in [-0.25, -0.2) is 13.4 Å². The molecule has 0 spiro atoms. The average Bonchev–Trinajstić information content (AvgIpc) is 2.87. The molecule has 38 heavy (non-hydrogen) atoms. The standard InChI is InChI=1S/C26H29F3N2O6S/c1-2-36-25-23(14-19(15-30-25)26(27,28)29)38(34,35)31-16-20(9-11-24(32)33)37-22-10-8-18(13-21(22)31)12-17-6-4-3-5-7-17/h8,10,12-15,20H,2-7,9,11,16H2,1H3,(H,32,33)/t20-/m0/s1. The van der Waals surface area contributed by atoms with Gasteiger partial charge in [-0.3, -0.25) is 9.10 Å². The van der Waals surface area contributed by atoms with Crippen molar-refractivity contribution in [2.75, 3.05) is 17.5 Å². The Morgan fingerprint density at radius 3 is 2.63 bits per heavy atom. The third-order valence-corrected chi connectivity index (χ3v) is 8.23. The number of benzene rings is 1. The van der Waals surface area contributed by atoms with Crippen molar-refractivity contribution in [1.82, 2.24) is 4.98 Å². The molecule has 2 aromatic rings. The van der Waals surface area contributed by atoms with Crippen LogP contribution in [0, 0.1) is 0 Å². The molecule has 2 aliphatic rings. The number of hydrogen-bond donors (Lipinski definition) is 1. The Morgan fingerprint density at radius 1 is 1.24 bits per heavy atom. The first-order valence-corrected chi connectivity index (χ1v) is 13.9. The van der Waals surface area contributed by atoms with Gasteiger partial charge in [-0.1, -0.05) is 24.1 Å². The molecular weight excluding hydrogens is 525 g/mol. The topological polar surface area (TPSA) is 106 Å². The van der Waals surface area contributed by atoms with Crippen LogP contribution in [0.2, 0.25) is 0 Å². The number of aliphatic carboxylic acids is 1. The van der Waals surface area contributed by atoms with Gasteiger partial charge in [0.1, 0.15) is 11.9 Å². The Labute approximate surface area is 219 Å². The smallest absolute Gasteiger partial charge is 0.417 e. The fourth-order valence-electron chi connectivity index (χ4n) is 4.60. The SMILES string of the molecule is CCOc1ncc(C(F)(F)F)cc1S(=O)(=O)N1C[C@H](CCC(=O)O)Oc2ccc(C=C3CCCCC3)cc21. The van der Waals surface area contributed by atoms with E-state index in [2.05, 4.69) is 4.98 Å². The van der Waals surface area contributed by atoms with E-state index in [1.54, 1.807) is 25.1 Å². The van der Waals surface area contributed by atoms with Crippen molar-refractivity contribution in [2.45, 2.75) is 69.0 Å². The molecule has 12 heteroatoms. The molecule has 1 aliphatic carbocycles. The van der Waals surface area contributed by atoms with Gasteiger partial charge in [-0.15, -0.1) is 0 Å². The number of anilines is 1. The normalized spacial score (nSPS) is 17.9. The molecule has 1 atom stereocenters. The minimum atomic E-state index is -4.83. The third-order valence-electron chi connectivity index (χ3n) is 6.46. The van der Waals surface area contributed by atoms with E-state index < -0.39 is 44.6 Å². The molecule has 0 radical (unpaired) electrons. The highest BCUT2D eigenvalue weighted by molar-refractivity contribution is 7.93. The quantitative estimate of drug-likeness (QED) is 0.448. The number of sulfonamides is 1. The molecule has 1 saturated carbocycles. The molecule has 0 bridgehead atoms. The van der Waals surface area contributed by atoms with Gasteiger partial charge in [0.2, 0.25) is 5.88 Å². The number of aromatic nitrogens is 1. The number of ether oxygens (including phenoxy) is 2. The van der Waals surface area contributed by atoms with Crippen LogP contribution in [0.3, 0.4) is 0 Å². The molecule has 206 valence electrons. The Balaban J connectivity index is 1.81. The maximum Gasteiger partial charge on any atom is 0.417 e. The van der Waals surface area contributed by atoms with Crippen LogP contribution in [0.1, 0.15) is 63.0 Å². The molecular formula is C26H29F3N2O6S. The van der Waals surface area contributed by atoms with Crippen molar-refractivity contribution in [2.24, 2.45) is 0 Å². The van der Waals surface area contributed by atoms with Crippen LogP contribution in [0.25, 0.3) is 6.08 Å². The zero-order valence-electron chi connectivity index (χ0n) is 20.8. The molecule has 1 fully saturated rings. The molecule has 0 amide bonds. The summed E-state index contributed by atoms with van der Waals surface area (Å²) in [6, 6.07) is 5.53. The molecule has 1 aromatic carbocycles. The van der Waals surface area contributed by atoms with Crippen molar-refractivity contribution in [3.05, 3.63) is 47.2 Å². The number of pyridine rings is 1. The number of alkyl halides is 3. The van der Waals surface area contributed by atoms with E-state index in [9.17, 15) is 26.4 Å². The lowest BCUT2D eigenvalue weighted by molar-refractivity contribution is -0.138. The third kappa shape index (κ3) is 6.23. The van der Waals surface area contributed by atoms with Crippen molar-refractivity contribution >= 4 is 27.8 Å². The summed E-state index contributed by atoms with van der Waals surface area (Å²) >= 11 is 0. The van der Waals surface area contributed by atoms with E-state index in [1.807, 2.05) is 6.08 Å². The highest BCUT2D eigenvalue weighted by Gasteiger charge is 2.39. The summed E-state index contributed by atoms with van der Waals surface area (Å²) in [5.41, 5.74) is 0.899. The van der Waals surface area contributed by atoms with Crippen LogP contribution >= 0.6 is 0 Å². The van der Waals surface area contributed by atoms with E-state index >= 15 is 0 Å². The maximum absolute atomic E-state index is 14.0. The van der Waals surface area contributed by atoms with Crippen LogP contribution < -0.4 is 13.8 Å². The summed E-state index contributed by atoms with van der Waals surface area (Å²) < 4.78 is 80.6. The number of fused-ring (bicyclic) bond motifs is 1. The summed E-state index contributed by atoms with van der Waals surface area (Å²) in [6.07, 6.45) is 1.81.